The van der Waals surface area contributed by atoms with Crippen LogP contribution in [0.3, 0.4) is 0 Å². The predicted octanol–water partition coefficient (Wildman–Crippen LogP) is 5.01. The van der Waals surface area contributed by atoms with Gasteiger partial charge in [-0.1, -0.05) is 69.4 Å². The number of rotatable bonds is 4. The molecule has 30 heavy (non-hydrogen) atoms. The van der Waals surface area contributed by atoms with E-state index in [9.17, 15) is 5.11 Å². The van der Waals surface area contributed by atoms with E-state index in [1.54, 1.807) is 4.57 Å². The molecular formula is C26H28N2OS. The molecule has 1 N–H and O–H groups in total. The van der Waals surface area contributed by atoms with Gasteiger partial charge in [0.25, 0.3) is 0 Å². The minimum Gasteiger partial charge on any atom is -0.867 e. The first-order valence-electron chi connectivity index (χ1n) is 10.0. The summed E-state index contributed by atoms with van der Waals surface area (Å²) in [7, 11) is 0. The molecule has 0 atom stereocenters. The molecule has 0 saturated carbocycles. The van der Waals surface area contributed by atoms with Crippen molar-refractivity contribution in [2.75, 3.05) is 5.32 Å². The molecule has 0 aliphatic rings. The summed E-state index contributed by atoms with van der Waals surface area (Å²) >= 11 is 5.70. The van der Waals surface area contributed by atoms with E-state index in [0.717, 1.165) is 16.8 Å². The highest BCUT2D eigenvalue weighted by atomic mass is 32.1. The molecule has 0 saturated heterocycles. The highest BCUT2D eigenvalue weighted by Crippen LogP contribution is 2.24. The average Bonchev–Trinajstić information content (AvgIpc) is 2.67. The fourth-order valence-corrected chi connectivity index (χ4v) is 3.70. The molecule has 3 rings (SSSR count). The average molecular weight is 417 g/mol. The number of benzene rings is 2. The van der Waals surface area contributed by atoms with Crippen LogP contribution in [0.4, 0.5) is 5.69 Å². The van der Waals surface area contributed by atoms with Crippen molar-refractivity contribution >= 4 is 34.3 Å². The molecule has 3 aromatic rings. The van der Waals surface area contributed by atoms with Gasteiger partial charge in [-0.2, -0.15) is 4.57 Å². The van der Waals surface area contributed by atoms with Gasteiger partial charge >= 0.3 is 0 Å². The van der Waals surface area contributed by atoms with Gasteiger partial charge < -0.3 is 10.4 Å². The molecular weight excluding hydrogens is 388 g/mol. The van der Waals surface area contributed by atoms with Crippen LogP contribution in [0.1, 0.15) is 43.0 Å². The van der Waals surface area contributed by atoms with Crippen LogP contribution >= 0.6 is 12.2 Å². The van der Waals surface area contributed by atoms with Crippen LogP contribution < -0.4 is 15.0 Å². The van der Waals surface area contributed by atoms with Gasteiger partial charge in [0.15, 0.2) is 17.4 Å². The number of hydrogen-bond acceptors (Lipinski definition) is 2. The summed E-state index contributed by atoms with van der Waals surface area (Å²) in [6.45, 7) is 10.6. The molecule has 0 bridgehead atoms. The Balaban J connectivity index is 2.05. The lowest BCUT2D eigenvalue weighted by molar-refractivity contribution is -0.577. The smallest absolute Gasteiger partial charge is 0.238 e. The van der Waals surface area contributed by atoms with E-state index in [4.69, 9.17) is 12.2 Å². The zero-order valence-electron chi connectivity index (χ0n) is 18.2. The number of pyridine rings is 1. The van der Waals surface area contributed by atoms with E-state index >= 15 is 0 Å². The summed E-state index contributed by atoms with van der Waals surface area (Å²) in [5, 5.41) is 16.7. The third-order valence-electron chi connectivity index (χ3n) is 4.90. The molecule has 0 spiro atoms. The van der Waals surface area contributed by atoms with E-state index in [1.807, 2.05) is 80.8 Å². The first kappa shape index (κ1) is 21.7. The summed E-state index contributed by atoms with van der Waals surface area (Å²) in [5.74, 6) is -0.117. The Morgan fingerprint density at radius 2 is 1.47 bits per heavy atom. The van der Waals surface area contributed by atoms with Gasteiger partial charge in [-0.05, 0) is 59.4 Å². The maximum absolute atomic E-state index is 13.5. The van der Waals surface area contributed by atoms with E-state index < -0.39 is 0 Å². The maximum atomic E-state index is 13.5. The van der Waals surface area contributed by atoms with Crippen molar-refractivity contribution in [3.8, 4) is 0 Å². The van der Waals surface area contributed by atoms with E-state index in [2.05, 4.69) is 32.2 Å². The zero-order chi connectivity index (χ0) is 21.9. The Kier molecular flexibility index (Phi) is 6.37. The van der Waals surface area contributed by atoms with Crippen LogP contribution in [0.25, 0.3) is 11.5 Å². The van der Waals surface area contributed by atoms with Gasteiger partial charge in [0, 0.05) is 17.8 Å². The number of nitrogens with one attached hydrogen (secondary N) is 1. The quantitative estimate of drug-likeness (QED) is 0.281. The Hall–Kier alpha value is -2.98. The second kappa shape index (κ2) is 8.80. The summed E-state index contributed by atoms with van der Waals surface area (Å²) in [5.41, 5.74) is 5.40. The molecule has 0 unspecified atom stereocenters. The van der Waals surface area contributed by atoms with Crippen molar-refractivity contribution in [2.24, 2.45) is 0 Å². The predicted molar refractivity (Wildman–Crippen MR) is 127 cm³/mol. The van der Waals surface area contributed by atoms with Gasteiger partial charge in [-0.15, -0.1) is 0 Å². The summed E-state index contributed by atoms with van der Waals surface area (Å²) in [4.78, 5) is 0.390. The van der Waals surface area contributed by atoms with E-state index in [1.165, 1.54) is 5.56 Å². The minimum atomic E-state index is -0.117. The zero-order valence-corrected chi connectivity index (χ0v) is 19.0. The van der Waals surface area contributed by atoms with E-state index in [0.29, 0.717) is 16.2 Å². The molecule has 1 aromatic heterocycles. The van der Waals surface area contributed by atoms with Crippen molar-refractivity contribution in [3.05, 3.63) is 95.3 Å². The lowest BCUT2D eigenvalue weighted by Gasteiger charge is -2.21. The summed E-state index contributed by atoms with van der Waals surface area (Å²) < 4.78 is 1.78. The SMILES string of the molecule is Cc1cc(C)cc(NC(=S)C(=C([O-])c2ccc(C(C)(C)C)cc2)[n+]2ccccc2)c1. The second-order valence-electron chi connectivity index (χ2n) is 8.62. The fourth-order valence-electron chi connectivity index (χ4n) is 3.38. The lowest BCUT2D eigenvalue weighted by Crippen LogP contribution is -2.39. The molecule has 0 radical (unpaired) electrons. The van der Waals surface area contributed by atoms with Gasteiger partial charge in [-0.3, -0.25) is 0 Å². The second-order valence-corrected chi connectivity index (χ2v) is 9.03. The van der Waals surface area contributed by atoms with Gasteiger partial charge in [-0.25, -0.2) is 0 Å². The number of thiocarbonyl (C=S) groups is 1. The number of aryl methyl sites for hydroxylation is 2. The molecule has 3 nitrogen and oxygen atoms in total. The van der Waals surface area contributed by atoms with Gasteiger partial charge in [0.1, 0.15) is 0 Å². The first-order valence-corrected chi connectivity index (χ1v) is 10.4. The highest BCUT2D eigenvalue weighted by Gasteiger charge is 2.19. The number of anilines is 1. The van der Waals surface area contributed by atoms with Crippen LogP contribution in [0, 0.1) is 13.8 Å². The summed E-state index contributed by atoms with van der Waals surface area (Å²) in [6, 6.07) is 19.6. The third-order valence-corrected chi connectivity index (χ3v) is 5.19. The number of nitrogens with zero attached hydrogens (tertiary/aromatic N) is 1. The maximum Gasteiger partial charge on any atom is 0.238 e. The highest BCUT2D eigenvalue weighted by molar-refractivity contribution is 7.81. The topological polar surface area (TPSA) is 39.0 Å². The van der Waals surface area contributed by atoms with Crippen LogP contribution in [0.5, 0.6) is 0 Å². The monoisotopic (exact) mass is 416 g/mol. The van der Waals surface area contributed by atoms with Gasteiger partial charge in [0.05, 0.1) is 0 Å². The number of aromatic nitrogens is 1. The van der Waals surface area contributed by atoms with Crippen molar-refractivity contribution in [2.45, 2.75) is 40.0 Å². The largest absolute Gasteiger partial charge is 0.867 e. The Morgan fingerprint density at radius 1 is 0.900 bits per heavy atom. The minimum absolute atomic E-state index is 0.0299. The normalized spacial score (nSPS) is 12.3. The Morgan fingerprint density at radius 3 is 2.00 bits per heavy atom. The number of hydrogen-bond donors (Lipinski definition) is 1. The van der Waals surface area contributed by atoms with Crippen molar-refractivity contribution < 1.29 is 9.67 Å². The van der Waals surface area contributed by atoms with E-state index in [-0.39, 0.29) is 11.2 Å². The molecule has 0 aliphatic heterocycles. The first-order chi connectivity index (χ1) is 14.1. The molecule has 1 heterocycles. The summed E-state index contributed by atoms with van der Waals surface area (Å²) in [6.07, 6.45) is 3.68. The molecule has 0 fully saturated rings. The molecule has 0 amide bonds. The van der Waals surface area contributed by atoms with Gasteiger partial charge in [0.2, 0.25) is 5.70 Å². The van der Waals surface area contributed by atoms with Crippen LogP contribution in [0.2, 0.25) is 0 Å². The fraction of sp³-hybridized carbons (Fsp3) is 0.231. The van der Waals surface area contributed by atoms with Crippen molar-refractivity contribution in [1.82, 2.24) is 0 Å². The molecule has 4 heteroatoms. The lowest BCUT2D eigenvalue weighted by atomic mass is 9.86. The van der Waals surface area contributed by atoms with Crippen molar-refractivity contribution in [3.63, 3.8) is 0 Å². The van der Waals surface area contributed by atoms with Crippen LogP contribution in [-0.2, 0) is 5.41 Å². The van der Waals surface area contributed by atoms with Crippen LogP contribution in [-0.4, -0.2) is 4.99 Å². The standard InChI is InChI=1S/C26H28N2OS/c1-18-15-19(2)17-22(16-18)27-25(30)23(28-13-7-6-8-14-28)24(29)20-9-11-21(12-10-20)26(3,4)5/h6-17H,1-5H3,(H-,27,29,30). The molecule has 2 aromatic carbocycles. The molecule has 0 aliphatic carbocycles. The van der Waals surface area contributed by atoms with Crippen molar-refractivity contribution in [1.29, 1.82) is 0 Å². The molecule has 154 valence electrons. The Bertz CT molecular complexity index is 1060. The van der Waals surface area contributed by atoms with Crippen LogP contribution in [0.15, 0.2) is 73.1 Å². The third kappa shape index (κ3) is 5.14. The Labute approximate surface area is 184 Å².